The average molecular weight is 339 g/mol. The molecule has 8 heteroatoms. The van der Waals surface area contributed by atoms with E-state index in [0.29, 0.717) is 24.6 Å². The number of hydrogen-bond donors (Lipinski definition) is 2. The van der Waals surface area contributed by atoms with E-state index in [9.17, 15) is 4.79 Å². The lowest BCUT2D eigenvalue weighted by molar-refractivity contribution is 0.0940. The summed E-state index contributed by atoms with van der Waals surface area (Å²) in [6, 6.07) is 9.54. The number of rotatable bonds is 6. The van der Waals surface area contributed by atoms with E-state index in [2.05, 4.69) is 44.9 Å². The molecule has 3 aromatic rings. The van der Waals surface area contributed by atoms with Gasteiger partial charge in [-0.1, -0.05) is 32.0 Å². The van der Waals surface area contributed by atoms with Crippen molar-refractivity contribution in [2.75, 3.05) is 0 Å². The number of aromatic nitrogens is 6. The van der Waals surface area contributed by atoms with Gasteiger partial charge in [-0.15, -0.1) is 10.2 Å². The maximum absolute atomic E-state index is 12.5. The largest absolute Gasteiger partial charge is 0.347 e. The van der Waals surface area contributed by atoms with Crippen molar-refractivity contribution in [2.24, 2.45) is 0 Å². The normalized spacial score (nSPS) is 11.0. The van der Waals surface area contributed by atoms with Crippen LogP contribution in [0.15, 0.2) is 30.3 Å². The zero-order chi connectivity index (χ0) is 17.8. The molecule has 0 radical (unpaired) electrons. The van der Waals surface area contributed by atoms with E-state index in [4.69, 9.17) is 0 Å². The van der Waals surface area contributed by atoms with Crippen molar-refractivity contribution >= 4 is 5.91 Å². The maximum atomic E-state index is 12.5. The number of benzene rings is 1. The second-order valence-corrected chi connectivity index (χ2v) is 6.04. The molecule has 25 heavy (non-hydrogen) atoms. The van der Waals surface area contributed by atoms with Crippen LogP contribution in [0.3, 0.4) is 0 Å². The Balaban J connectivity index is 1.72. The highest BCUT2D eigenvalue weighted by atomic mass is 16.2. The molecule has 0 saturated carbocycles. The van der Waals surface area contributed by atoms with Gasteiger partial charge < -0.3 is 5.32 Å². The number of carbonyl (C=O) groups excluding carboxylic acids is 1. The molecule has 1 amide bonds. The number of amides is 1. The second-order valence-electron chi connectivity index (χ2n) is 6.04. The van der Waals surface area contributed by atoms with Crippen LogP contribution in [0.25, 0.3) is 11.4 Å². The third kappa shape index (κ3) is 3.73. The molecule has 0 aliphatic rings. The fourth-order valence-corrected chi connectivity index (χ4v) is 2.52. The quantitative estimate of drug-likeness (QED) is 0.716. The lowest BCUT2D eigenvalue weighted by Crippen LogP contribution is -2.25. The molecule has 0 unspecified atom stereocenters. The predicted molar refractivity (Wildman–Crippen MR) is 92.8 cm³/mol. The van der Waals surface area contributed by atoms with Crippen LogP contribution in [0.5, 0.6) is 0 Å². The third-order valence-corrected chi connectivity index (χ3v) is 3.91. The first kappa shape index (κ1) is 16.8. The van der Waals surface area contributed by atoms with Gasteiger partial charge in [-0.3, -0.25) is 9.48 Å². The SMILES string of the molecule is CCn1nc(C(C)C)cc1C(=O)NCc1cccc(-c2nn[nH]n2)c1. The Morgan fingerprint density at radius 3 is 2.84 bits per heavy atom. The summed E-state index contributed by atoms with van der Waals surface area (Å²) in [6.45, 7) is 7.17. The van der Waals surface area contributed by atoms with E-state index in [1.54, 1.807) is 4.68 Å². The van der Waals surface area contributed by atoms with Gasteiger partial charge in [0.05, 0.1) is 5.69 Å². The molecule has 0 spiro atoms. The summed E-state index contributed by atoms with van der Waals surface area (Å²) in [7, 11) is 0. The van der Waals surface area contributed by atoms with Crippen molar-refractivity contribution < 1.29 is 4.79 Å². The van der Waals surface area contributed by atoms with E-state index in [1.165, 1.54) is 0 Å². The summed E-state index contributed by atoms with van der Waals surface area (Å²) in [5.41, 5.74) is 3.31. The van der Waals surface area contributed by atoms with Crippen LogP contribution in [-0.4, -0.2) is 36.3 Å². The Morgan fingerprint density at radius 2 is 2.16 bits per heavy atom. The molecule has 0 saturated heterocycles. The molecule has 0 fully saturated rings. The van der Waals surface area contributed by atoms with Crippen molar-refractivity contribution in [1.82, 2.24) is 35.7 Å². The van der Waals surface area contributed by atoms with Crippen molar-refractivity contribution in [1.29, 1.82) is 0 Å². The topological polar surface area (TPSA) is 101 Å². The van der Waals surface area contributed by atoms with Gasteiger partial charge >= 0.3 is 0 Å². The number of hydrogen-bond acceptors (Lipinski definition) is 5. The van der Waals surface area contributed by atoms with Crippen LogP contribution in [0.4, 0.5) is 0 Å². The number of aromatic amines is 1. The molecule has 1 aromatic carbocycles. The first-order valence-electron chi connectivity index (χ1n) is 8.27. The minimum atomic E-state index is -0.133. The lowest BCUT2D eigenvalue weighted by atomic mass is 10.1. The molecule has 2 heterocycles. The molecule has 2 N–H and O–H groups in total. The monoisotopic (exact) mass is 339 g/mol. The molecule has 0 atom stereocenters. The number of nitrogens with one attached hydrogen (secondary N) is 2. The van der Waals surface area contributed by atoms with Gasteiger partial charge in [0.15, 0.2) is 0 Å². The first-order valence-corrected chi connectivity index (χ1v) is 8.27. The smallest absolute Gasteiger partial charge is 0.269 e. The molecule has 0 bridgehead atoms. The Morgan fingerprint density at radius 1 is 1.32 bits per heavy atom. The summed E-state index contributed by atoms with van der Waals surface area (Å²) >= 11 is 0. The predicted octanol–water partition coefficient (Wildman–Crippen LogP) is 2.14. The van der Waals surface area contributed by atoms with Crippen molar-refractivity contribution in [3.05, 3.63) is 47.3 Å². The summed E-state index contributed by atoms with van der Waals surface area (Å²) in [5, 5.41) is 21.4. The van der Waals surface area contributed by atoms with Gasteiger partial charge in [0, 0.05) is 18.7 Å². The van der Waals surface area contributed by atoms with Crippen LogP contribution < -0.4 is 5.32 Å². The Bertz CT molecular complexity index is 852. The average Bonchev–Trinajstić information content (AvgIpc) is 3.29. The summed E-state index contributed by atoms with van der Waals surface area (Å²) in [5.74, 6) is 0.677. The van der Waals surface area contributed by atoms with Gasteiger partial charge in [0.25, 0.3) is 5.91 Å². The van der Waals surface area contributed by atoms with E-state index < -0.39 is 0 Å². The maximum Gasteiger partial charge on any atom is 0.269 e. The van der Waals surface area contributed by atoms with Gasteiger partial charge in [0.1, 0.15) is 5.69 Å². The summed E-state index contributed by atoms with van der Waals surface area (Å²) < 4.78 is 1.74. The van der Waals surface area contributed by atoms with Crippen molar-refractivity contribution in [2.45, 2.75) is 39.8 Å². The van der Waals surface area contributed by atoms with Gasteiger partial charge in [-0.2, -0.15) is 10.3 Å². The highest BCUT2D eigenvalue weighted by molar-refractivity contribution is 5.92. The number of tetrazole rings is 1. The van der Waals surface area contributed by atoms with Gasteiger partial charge in [0.2, 0.25) is 5.82 Å². The van der Waals surface area contributed by atoms with Crippen LogP contribution in [0.2, 0.25) is 0 Å². The molecule has 3 rings (SSSR count). The van der Waals surface area contributed by atoms with E-state index in [0.717, 1.165) is 16.8 Å². The first-order chi connectivity index (χ1) is 12.1. The van der Waals surface area contributed by atoms with Crippen LogP contribution >= 0.6 is 0 Å². The molecular weight excluding hydrogens is 318 g/mol. The zero-order valence-electron chi connectivity index (χ0n) is 14.5. The van der Waals surface area contributed by atoms with E-state index >= 15 is 0 Å². The van der Waals surface area contributed by atoms with Crippen molar-refractivity contribution in [3.8, 4) is 11.4 Å². The molecule has 8 nitrogen and oxygen atoms in total. The molecular formula is C17H21N7O. The molecule has 130 valence electrons. The lowest BCUT2D eigenvalue weighted by Gasteiger charge is -2.07. The fourth-order valence-electron chi connectivity index (χ4n) is 2.52. The number of nitrogens with zero attached hydrogens (tertiary/aromatic N) is 5. The third-order valence-electron chi connectivity index (χ3n) is 3.91. The molecule has 0 aliphatic carbocycles. The molecule has 2 aromatic heterocycles. The molecule has 0 aliphatic heterocycles. The van der Waals surface area contributed by atoms with E-state index in [-0.39, 0.29) is 11.8 Å². The minimum Gasteiger partial charge on any atom is -0.347 e. The number of aryl methyl sites for hydroxylation is 1. The van der Waals surface area contributed by atoms with E-state index in [1.807, 2.05) is 37.3 Å². The number of H-pyrrole nitrogens is 1. The minimum absolute atomic E-state index is 0.133. The van der Waals surface area contributed by atoms with Gasteiger partial charge in [-0.05, 0) is 35.8 Å². The highest BCUT2D eigenvalue weighted by Gasteiger charge is 2.16. The standard InChI is InChI=1S/C17H21N7O/c1-4-24-15(9-14(21-24)11(2)3)17(25)18-10-12-6-5-7-13(8-12)16-19-22-23-20-16/h5-9,11H,4,10H2,1-3H3,(H,18,25)(H,19,20,22,23). The number of carbonyl (C=O) groups is 1. The fraction of sp³-hybridized carbons (Fsp3) is 0.353. The Hall–Kier alpha value is -3.03. The Labute approximate surface area is 145 Å². The van der Waals surface area contributed by atoms with Crippen molar-refractivity contribution in [3.63, 3.8) is 0 Å². The summed E-state index contributed by atoms with van der Waals surface area (Å²) in [4.78, 5) is 12.5. The zero-order valence-corrected chi connectivity index (χ0v) is 14.5. The van der Waals surface area contributed by atoms with Crippen LogP contribution in [-0.2, 0) is 13.1 Å². The van der Waals surface area contributed by atoms with Crippen LogP contribution in [0, 0.1) is 0 Å². The highest BCUT2D eigenvalue weighted by Crippen LogP contribution is 2.16. The Kier molecular flexibility index (Phi) is 4.87. The van der Waals surface area contributed by atoms with Gasteiger partial charge in [-0.25, -0.2) is 0 Å². The van der Waals surface area contributed by atoms with Crippen LogP contribution in [0.1, 0.15) is 48.4 Å². The second kappa shape index (κ2) is 7.25. The summed E-state index contributed by atoms with van der Waals surface area (Å²) in [6.07, 6.45) is 0.